The van der Waals surface area contributed by atoms with Gasteiger partial charge in [0.05, 0.1) is 6.61 Å². The molecule has 1 radical (unpaired) electrons. The number of aromatic nitrogens is 3. The summed E-state index contributed by atoms with van der Waals surface area (Å²) in [5, 5.41) is 11.8. The van der Waals surface area contributed by atoms with Gasteiger partial charge in [-0.2, -0.15) is 0 Å². The maximum Gasteiger partial charge on any atom is 0.306 e. The number of halogens is 1. The summed E-state index contributed by atoms with van der Waals surface area (Å²) in [6.07, 6.45) is 7.91. The van der Waals surface area contributed by atoms with Crippen LogP contribution in [0.3, 0.4) is 0 Å². The van der Waals surface area contributed by atoms with Crippen LogP contribution >= 0.6 is 11.6 Å². The third-order valence-electron chi connectivity index (χ3n) is 6.43. The molecule has 0 bridgehead atoms. The van der Waals surface area contributed by atoms with Crippen molar-refractivity contribution >= 4 is 28.6 Å². The van der Waals surface area contributed by atoms with Crippen LogP contribution in [-0.2, 0) is 39.9 Å². The molecule has 1 N–H and O–H groups in total. The molecule has 2 aromatic heterocycles. The molecule has 0 atom stereocenters. The van der Waals surface area contributed by atoms with Gasteiger partial charge in [-0.3, -0.25) is 4.79 Å². The molecular weight excluding hydrogens is 739 g/mol. The molecule has 0 aliphatic heterocycles. The summed E-state index contributed by atoms with van der Waals surface area (Å²) in [6, 6.07) is 9.73. The zero-order valence-electron chi connectivity index (χ0n) is 21.7. The van der Waals surface area contributed by atoms with Gasteiger partial charge in [0.25, 0.3) is 0 Å². The van der Waals surface area contributed by atoms with E-state index < -0.39 is 0 Å². The quantitative estimate of drug-likeness (QED) is 0.133. The van der Waals surface area contributed by atoms with Gasteiger partial charge < -0.3 is 9.84 Å². The number of esters is 1. The molecule has 0 saturated heterocycles. The molecule has 0 amide bonds. The molecule has 6 nitrogen and oxygen atoms in total. The fourth-order valence-corrected chi connectivity index (χ4v) is 4.62. The number of unbranched alkanes of at least 4 members (excludes halogenated alkanes) is 5. The SMILES string of the molecule is CCCCCCCCOC(=O)CCc1cc(-n2n3c4ccc(Cl)cc4n23)c(O)c(C(C)(C)C)c1.[U].[V]. The number of phenolic OH excluding ortho intramolecular Hbond substituents is 1. The summed E-state index contributed by atoms with van der Waals surface area (Å²) in [5.41, 5.74) is 4.37. The van der Waals surface area contributed by atoms with E-state index in [1.54, 1.807) is 0 Å². The van der Waals surface area contributed by atoms with E-state index >= 15 is 0 Å². The summed E-state index contributed by atoms with van der Waals surface area (Å²) in [6.45, 7) is 8.94. The number of hydrogen-bond acceptors (Lipinski definition) is 3. The summed E-state index contributed by atoms with van der Waals surface area (Å²) in [5.74, 6) is 0.0927. The van der Waals surface area contributed by atoms with Gasteiger partial charge in [0.15, 0.2) is 0 Å². The third-order valence-corrected chi connectivity index (χ3v) is 6.66. The average Bonchev–Trinajstić information content (AvgIpc) is 3.44. The Kier molecular flexibility index (Phi) is 11.5. The number of phenols is 1. The van der Waals surface area contributed by atoms with Crippen LogP contribution in [0.5, 0.6) is 5.75 Å². The number of fused-ring (bicyclic) bond motifs is 4. The van der Waals surface area contributed by atoms with Gasteiger partial charge in [0, 0.05) is 66.7 Å². The molecule has 0 unspecified atom stereocenters. The Hall–Kier alpha value is -0.964. The maximum atomic E-state index is 12.3. The number of benzene rings is 2. The molecule has 0 spiro atoms. The first-order chi connectivity index (χ1) is 16.2. The van der Waals surface area contributed by atoms with Crippen LogP contribution in [-0.4, -0.2) is 31.7 Å². The summed E-state index contributed by atoms with van der Waals surface area (Å²) < 4.78 is 9.42. The van der Waals surface area contributed by atoms with Crippen molar-refractivity contribution in [1.82, 2.24) is 14.1 Å². The van der Waals surface area contributed by atoms with Gasteiger partial charge in [0.2, 0.25) is 0 Å². The third kappa shape index (κ3) is 6.91. The maximum absolute atomic E-state index is 12.3. The van der Waals surface area contributed by atoms with E-state index in [-0.39, 0.29) is 66.8 Å². The minimum atomic E-state index is -0.247. The van der Waals surface area contributed by atoms with Crippen molar-refractivity contribution in [1.29, 1.82) is 0 Å². The van der Waals surface area contributed by atoms with E-state index in [0.717, 1.165) is 35.0 Å². The number of carbonyl (C=O) groups is 1. The minimum Gasteiger partial charge on any atom is -0.505 e. The zero-order valence-corrected chi connectivity index (χ0v) is 28.0. The van der Waals surface area contributed by atoms with Crippen LogP contribution in [0.25, 0.3) is 16.7 Å². The smallest absolute Gasteiger partial charge is 0.306 e. The van der Waals surface area contributed by atoms with Crippen LogP contribution in [0.15, 0.2) is 30.3 Å². The van der Waals surface area contributed by atoms with Crippen molar-refractivity contribution in [2.24, 2.45) is 0 Å². The van der Waals surface area contributed by atoms with Crippen LogP contribution in [0.4, 0.5) is 0 Å². The standard InChI is InChI=1S/C27H36ClN3O3.U.V/c1-5-6-7-8-9-10-15-34-25(32)14-11-19-16-21(27(2,3)4)26(33)24(17-19)31-29-22-13-12-20(28)18-23(22)30(29)31;;/h12-13,16-18,33H,5-11,14-15H2,1-4H3;;. The van der Waals surface area contributed by atoms with Crippen LogP contribution in [0, 0.1) is 31.1 Å². The van der Waals surface area contributed by atoms with E-state index in [2.05, 4.69) is 27.7 Å². The van der Waals surface area contributed by atoms with Crippen molar-refractivity contribution in [3.05, 3.63) is 46.5 Å². The van der Waals surface area contributed by atoms with Gasteiger partial charge >= 0.3 is 5.97 Å². The first-order valence-corrected chi connectivity index (χ1v) is 12.8. The fourth-order valence-electron chi connectivity index (χ4n) is 4.45. The second-order valence-corrected chi connectivity index (χ2v) is 10.7. The first-order valence-electron chi connectivity index (χ1n) is 12.4. The molecule has 2 heterocycles. The predicted molar refractivity (Wildman–Crippen MR) is 137 cm³/mol. The number of rotatable bonds is 11. The molecule has 0 fully saturated rings. The molecular formula is C27H36ClN3O3UV. The Morgan fingerprint density at radius 3 is 2.36 bits per heavy atom. The normalized spacial score (nSPS) is 11.7. The van der Waals surface area contributed by atoms with Crippen molar-refractivity contribution in [2.45, 2.75) is 84.5 Å². The van der Waals surface area contributed by atoms with Gasteiger partial charge in [-0.1, -0.05) is 77.5 Å². The van der Waals surface area contributed by atoms with E-state index in [9.17, 15) is 9.90 Å². The molecule has 0 aliphatic rings. The number of carbonyl (C=O) groups excluding carboxylic acids is 1. The van der Waals surface area contributed by atoms with Gasteiger partial charge in [-0.15, -0.1) is 14.1 Å². The van der Waals surface area contributed by atoms with E-state index in [0.29, 0.717) is 30.2 Å². The van der Waals surface area contributed by atoms with Crippen molar-refractivity contribution in [3.8, 4) is 11.4 Å². The second-order valence-electron chi connectivity index (χ2n) is 10.3. The van der Waals surface area contributed by atoms with Crippen LogP contribution < -0.4 is 0 Å². The minimum absolute atomic E-state index is 0. The molecule has 4 aromatic rings. The Balaban J connectivity index is 0.00000228. The van der Waals surface area contributed by atoms with Gasteiger partial charge in [-0.25, -0.2) is 0 Å². The van der Waals surface area contributed by atoms with E-state index in [1.165, 1.54) is 25.7 Å². The largest absolute Gasteiger partial charge is 0.505 e. The van der Waals surface area contributed by atoms with Crippen molar-refractivity contribution in [2.75, 3.05) is 6.61 Å². The van der Waals surface area contributed by atoms with Crippen LogP contribution in [0.1, 0.15) is 83.8 Å². The van der Waals surface area contributed by atoms with Crippen molar-refractivity contribution in [3.63, 3.8) is 0 Å². The van der Waals surface area contributed by atoms with Gasteiger partial charge in [-0.05, 0) is 48.1 Å². The fraction of sp³-hybridized carbons (Fsp3) is 0.519. The molecule has 36 heavy (non-hydrogen) atoms. The monoisotopic (exact) mass is 774 g/mol. The van der Waals surface area contributed by atoms with Crippen molar-refractivity contribution < 1.29 is 64.3 Å². The summed E-state index contributed by atoms with van der Waals surface area (Å²) in [7, 11) is 0. The van der Waals surface area contributed by atoms with E-state index in [1.807, 2.05) is 44.4 Å². The number of ether oxygens (including phenoxy) is 1. The number of nitrogens with zero attached hydrogens (tertiary/aromatic N) is 3. The zero-order chi connectivity index (χ0) is 24.5. The molecule has 9 heteroatoms. The Bertz CT molecular complexity index is 1270. The number of hydrogen-bond donors (Lipinski definition) is 1. The molecule has 193 valence electrons. The van der Waals surface area contributed by atoms with Crippen LogP contribution in [0.2, 0.25) is 5.02 Å². The molecule has 0 aliphatic carbocycles. The number of aryl methyl sites for hydroxylation is 1. The Morgan fingerprint density at radius 2 is 1.67 bits per heavy atom. The summed E-state index contributed by atoms with van der Waals surface area (Å²) in [4.78, 5) is 14.3. The Morgan fingerprint density at radius 1 is 1.00 bits per heavy atom. The van der Waals surface area contributed by atoms with E-state index in [4.69, 9.17) is 16.3 Å². The average molecular weight is 775 g/mol. The molecule has 2 aromatic carbocycles. The van der Waals surface area contributed by atoms with Gasteiger partial charge in [0.1, 0.15) is 22.5 Å². The first kappa shape index (κ1) is 31.3. The summed E-state index contributed by atoms with van der Waals surface area (Å²) >= 11 is 6.16. The molecule has 0 saturated carbocycles. The topological polar surface area (TPSA) is 60.3 Å². The predicted octanol–water partition coefficient (Wildman–Crippen LogP) is 6.91. The Labute approximate surface area is 254 Å². The number of aromatic hydroxyl groups is 1. The molecule has 4 rings (SSSR count). The second kappa shape index (κ2) is 13.2.